The average molecular weight is 333 g/mol. The van der Waals surface area contributed by atoms with E-state index in [1.54, 1.807) is 0 Å². The van der Waals surface area contributed by atoms with Crippen LogP contribution in [0.25, 0.3) is 0 Å². The molecule has 3 unspecified atom stereocenters. The first-order chi connectivity index (χ1) is 10.0. The predicted molar refractivity (Wildman–Crippen MR) is 84.9 cm³/mol. The van der Waals surface area contributed by atoms with E-state index in [0.29, 0.717) is 10.9 Å². The Labute approximate surface area is 134 Å². The smallest absolute Gasteiger partial charge is 0.362 e. The standard InChI is InChI=1S/C13H24N4O4S/c1-16-6-8(5-10(12(20)21)17(2,3)4)15-13(16)22-7-9(14)11(18)19/h6,9-10,13,15H,5,7,14H2,1-4H3,(H-,18,19,20,21)/p+1. The molecule has 0 aromatic heterocycles. The van der Waals surface area contributed by atoms with E-state index < -0.39 is 24.0 Å². The largest absolute Gasteiger partial charge is 0.480 e. The van der Waals surface area contributed by atoms with Crippen LogP contribution in [0.1, 0.15) is 6.42 Å². The Morgan fingerprint density at radius 3 is 2.45 bits per heavy atom. The molecule has 0 aromatic carbocycles. The Balaban J connectivity index is 2.60. The van der Waals surface area contributed by atoms with E-state index in [0.717, 1.165) is 5.70 Å². The Kier molecular flexibility index (Phi) is 6.09. The molecule has 0 bridgehead atoms. The first-order valence-corrected chi connectivity index (χ1v) is 7.90. The Morgan fingerprint density at radius 1 is 1.41 bits per heavy atom. The number of aliphatic carboxylic acids is 2. The fraction of sp³-hybridized carbons (Fsp3) is 0.692. The van der Waals surface area contributed by atoms with Gasteiger partial charge in [-0.1, -0.05) is 0 Å². The number of nitrogens with zero attached hydrogens (tertiary/aromatic N) is 2. The minimum atomic E-state index is -1.03. The molecule has 8 nitrogen and oxygen atoms in total. The van der Waals surface area contributed by atoms with Crippen molar-refractivity contribution < 1.29 is 24.3 Å². The summed E-state index contributed by atoms with van der Waals surface area (Å²) in [7, 11) is 7.38. The molecule has 0 radical (unpaired) electrons. The summed E-state index contributed by atoms with van der Waals surface area (Å²) in [4.78, 5) is 24.0. The monoisotopic (exact) mass is 333 g/mol. The SMILES string of the molecule is CN1C=C(CC(C(=O)O)[N+](C)(C)C)NC1SCC(N)C(=O)O. The van der Waals surface area contributed by atoms with Crippen LogP contribution in [-0.4, -0.2) is 83.1 Å². The number of hydrogen-bond donors (Lipinski definition) is 4. The van der Waals surface area contributed by atoms with Crippen molar-refractivity contribution in [3.8, 4) is 0 Å². The molecule has 5 N–H and O–H groups in total. The number of carboxylic acid groups (broad SMARTS) is 2. The van der Waals surface area contributed by atoms with Crippen LogP contribution < -0.4 is 11.1 Å². The summed E-state index contributed by atoms with van der Waals surface area (Å²) < 4.78 is 0.319. The van der Waals surface area contributed by atoms with E-state index in [-0.39, 0.29) is 11.3 Å². The molecule has 0 amide bonds. The van der Waals surface area contributed by atoms with Gasteiger partial charge in [-0.05, 0) is 0 Å². The highest BCUT2D eigenvalue weighted by Crippen LogP contribution is 2.24. The number of likely N-dealkylation sites (N-methyl/N-ethyl adjacent to an activating group) is 1. The van der Waals surface area contributed by atoms with Gasteiger partial charge >= 0.3 is 11.9 Å². The van der Waals surface area contributed by atoms with Crippen LogP contribution >= 0.6 is 11.8 Å². The summed E-state index contributed by atoms with van der Waals surface area (Å²) >= 11 is 1.38. The van der Waals surface area contributed by atoms with Crippen molar-refractivity contribution in [3.05, 3.63) is 11.9 Å². The van der Waals surface area contributed by atoms with E-state index in [1.807, 2.05) is 39.3 Å². The fourth-order valence-corrected chi connectivity index (χ4v) is 3.11. The highest BCUT2D eigenvalue weighted by atomic mass is 32.2. The van der Waals surface area contributed by atoms with Gasteiger partial charge in [-0.2, -0.15) is 0 Å². The van der Waals surface area contributed by atoms with E-state index in [9.17, 15) is 14.7 Å². The molecule has 0 fully saturated rings. The lowest BCUT2D eigenvalue weighted by molar-refractivity contribution is -0.887. The highest BCUT2D eigenvalue weighted by Gasteiger charge is 2.34. The van der Waals surface area contributed by atoms with E-state index >= 15 is 0 Å². The molecule has 1 aliphatic rings. The zero-order valence-corrected chi connectivity index (χ0v) is 14.1. The third kappa shape index (κ3) is 5.08. The molecule has 0 saturated heterocycles. The van der Waals surface area contributed by atoms with Crippen LogP contribution in [0, 0.1) is 0 Å². The van der Waals surface area contributed by atoms with E-state index in [1.165, 1.54) is 11.8 Å². The molecule has 0 saturated carbocycles. The van der Waals surface area contributed by atoms with Gasteiger partial charge in [0.05, 0.1) is 27.6 Å². The van der Waals surface area contributed by atoms with Crippen LogP contribution in [0.15, 0.2) is 11.9 Å². The number of carbonyl (C=O) groups is 2. The lowest BCUT2D eigenvalue weighted by Crippen LogP contribution is -2.50. The lowest BCUT2D eigenvalue weighted by Gasteiger charge is -2.31. The third-order valence-electron chi connectivity index (χ3n) is 3.42. The molecule has 1 heterocycles. The molecule has 1 rings (SSSR count). The minimum absolute atomic E-state index is 0.137. The maximum Gasteiger partial charge on any atom is 0.362 e. The van der Waals surface area contributed by atoms with Crippen LogP contribution in [0.3, 0.4) is 0 Å². The van der Waals surface area contributed by atoms with Crippen LogP contribution in [0.2, 0.25) is 0 Å². The lowest BCUT2D eigenvalue weighted by atomic mass is 10.1. The van der Waals surface area contributed by atoms with E-state index in [2.05, 4.69) is 5.32 Å². The maximum atomic E-state index is 11.4. The van der Waals surface area contributed by atoms with Crippen LogP contribution in [-0.2, 0) is 9.59 Å². The number of nitrogens with two attached hydrogens (primary N) is 1. The zero-order valence-electron chi connectivity index (χ0n) is 13.3. The van der Waals surface area contributed by atoms with E-state index in [4.69, 9.17) is 10.8 Å². The Hall–Kier alpha value is -1.45. The second kappa shape index (κ2) is 7.21. The van der Waals surface area contributed by atoms with Gasteiger partial charge in [0.25, 0.3) is 0 Å². The molecule has 126 valence electrons. The molecule has 0 aromatic rings. The Bertz CT molecular complexity index is 463. The fourth-order valence-electron chi connectivity index (χ4n) is 2.05. The molecule has 9 heteroatoms. The Morgan fingerprint density at radius 2 is 2.00 bits per heavy atom. The molecular weight excluding hydrogens is 308 g/mol. The molecule has 1 aliphatic heterocycles. The van der Waals surface area contributed by atoms with Crippen molar-refractivity contribution in [2.24, 2.45) is 5.73 Å². The number of thioether (sulfide) groups is 1. The van der Waals surface area contributed by atoms with Gasteiger partial charge < -0.3 is 30.6 Å². The van der Waals surface area contributed by atoms with Crippen molar-refractivity contribution >= 4 is 23.7 Å². The summed E-state index contributed by atoms with van der Waals surface area (Å²) in [5, 5.41) is 21.4. The summed E-state index contributed by atoms with van der Waals surface area (Å²) in [6.07, 6.45) is 2.24. The third-order valence-corrected chi connectivity index (χ3v) is 4.74. The zero-order chi connectivity index (χ0) is 17.1. The number of hydrogen-bond acceptors (Lipinski definition) is 6. The summed E-state index contributed by atoms with van der Waals surface area (Å²) in [5.74, 6) is -1.60. The molecule has 3 atom stereocenters. The van der Waals surface area contributed by atoms with Gasteiger partial charge in [-0.3, -0.25) is 4.79 Å². The van der Waals surface area contributed by atoms with Crippen molar-refractivity contribution in [2.45, 2.75) is 24.0 Å². The van der Waals surface area contributed by atoms with Crippen LogP contribution in [0.4, 0.5) is 0 Å². The van der Waals surface area contributed by atoms with Gasteiger partial charge in [0.2, 0.25) is 0 Å². The maximum absolute atomic E-state index is 11.4. The highest BCUT2D eigenvalue weighted by molar-refractivity contribution is 7.99. The van der Waals surface area contributed by atoms with Gasteiger partial charge in [-0.25, -0.2) is 4.79 Å². The topological polar surface area (TPSA) is 116 Å². The summed E-state index contributed by atoms with van der Waals surface area (Å²) in [6.45, 7) is 0. The first-order valence-electron chi connectivity index (χ1n) is 6.85. The second-order valence-corrected chi connectivity index (χ2v) is 7.38. The van der Waals surface area contributed by atoms with Crippen LogP contribution in [0.5, 0.6) is 0 Å². The number of rotatable bonds is 8. The minimum Gasteiger partial charge on any atom is -0.480 e. The quantitative estimate of drug-likeness (QED) is 0.433. The van der Waals surface area contributed by atoms with Gasteiger partial charge in [-0.15, -0.1) is 11.8 Å². The van der Waals surface area contributed by atoms with Gasteiger partial charge in [0.1, 0.15) is 11.5 Å². The number of carboxylic acids is 2. The van der Waals surface area contributed by atoms with Crippen molar-refractivity contribution in [3.63, 3.8) is 0 Å². The van der Waals surface area contributed by atoms with Crippen molar-refractivity contribution in [1.29, 1.82) is 0 Å². The van der Waals surface area contributed by atoms with Crippen molar-refractivity contribution in [1.82, 2.24) is 10.2 Å². The molecule has 0 aliphatic carbocycles. The predicted octanol–water partition coefficient (Wildman–Crippen LogP) is -0.659. The normalized spacial score (nSPS) is 21.0. The van der Waals surface area contributed by atoms with Crippen molar-refractivity contribution in [2.75, 3.05) is 33.9 Å². The summed E-state index contributed by atoms with van der Waals surface area (Å²) in [5.41, 5.74) is 6.18. The molecule has 0 spiro atoms. The number of quaternary nitrogens is 1. The summed E-state index contributed by atoms with van der Waals surface area (Å²) in [6, 6.07) is -1.47. The van der Waals surface area contributed by atoms with Gasteiger partial charge in [0.15, 0.2) is 6.04 Å². The number of nitrogens with one attached hydrogen (secondary N) is 1. The second-order valence-electron chi connectivity index (χ2n) is 6.27. The first kappa shape index (κ1) is 18.6. The van der Waals surface area contributed by atoms with Gasteiger partial charge in [0, 0.05) is 24.7 Å². The molecular formula is C13H25N4O4S+. The average Bonchev–Trinajstić information content (AvgIpc) is 2.71. The molecule has 22 heavy (non-hydrogen) atoms.